The highest BCUT2D eigenvalue weighted by Crippen LogP contribution is 2.33. The molecule has 0 aliphatic carbocycles. The van der Waals surface area contributed by atoms with Crippen LogP contribution in [0.25, 0.3) is 0 Å². The van der Waals surface area contributed by atoms with E-state index in [0.717, 1.165) is 43.7 Å². The van der Waals surface area contributed by atoms with E-state index in [4.69, 9.17) is 4.74 Å². The molecule has 1 N–H and O–H groups in total. The second-order valence-corrected chi connectivity index (χ2v) is 5.97. The molecule has 0 spiro atoms. The Balaban J connectivity index is 2.50. The number of methoxy groups -OCH3 is 1. The van der Waals surface area contributed by atoms with Gasteiger partial charge < -0.3 is 10.1 Å². The zero-order valence-corrected chi connectivity index (χ0v) is 13.5. The number of nitrogens with zero attached hydrogens (tertiary/aromatic N) is 1. The molecule has 1 aromatic rings. The van der Waals surface area contributed by atoms with Crippen molar-refractivity contribution in [3.63, 3.8) is 0 Å². The van der Waals surface area contributed by atoms with Crippen LogP contribution in [0, 0.1) is 13.8 Å². The van der Waals surface area contributed by atoms with E-state index in [2.05, 4.69) is 42.3 Å². The lowest BCUT2D eigenvalue weighted by molar-refractivity contribution is -0.155. The fourth-order valence-corrected chi connectivity index (χ4v) is 3.16. The Morgan fingerprint density at radius 1 is 1.29 bits per heavy atom. The third kappa shape index (κ3) is 3.11. The molecule has 1 saturated heterocycles. The van der Waals surface area contributed by atoms with Crippen molar-refractivity contribution in [3.8, 4) is 0 Å². The molecule has 1 heterocycles. The highest BCUT2D eigenvalue weighted by molar-refractivity contribution is 5.82. The van der Waals surface area contributed by atoms with Crippen LogP contribution < -0.4 is 5.32 Å². The minimum Gasteiger partial charge on any atom is -0.467 e. The summed E-state index contributed by atoms with van der Waals surface area (Å²) in [5.74, 6) is -0.182. The summed E-state index contributed by atoms with van der Waals surface area (Å²) in [6, 6.07) is 6.28. The van der Waals surface area contributed by atoms with Crippen LogP contribution in [0.2, 0.25) is 0 Å². The largest absolute Gasteiger partial charge is 0.467 e. The normalized spacial score (nSPS) is 19.6. The summed E-state index contributed by atoms with van der Waals surface area (Å²) >= 11 is 0. The predicted molar refractivity (Wildman–Crippen MR) is 84.3 cm³/mol. The van der Waals surface area contributed by atoms with Crippen molar-refractivity contribution in [2.45, 2.75) is 32.7 Å². The first-order valence-electron chi connectivity index (χ1n) is 7.62. The fourth-order valence-electron chi connectivity index (χ4n) is 3.16. The van der Waals surface area contributed by atoms with Crippen molar-refractivity contribution in [1.82, 2.24) is 10.2 Å². The van der Waals surface area contributed by atoms with Crippen LogP contribution in [0.15, 0.2) is 18.2 Å². The van der Waals surface area contributed by atoms with Crippen LogP contribution in [0.4, 0.5) is 0 Å². The SMILES string of the molecule is COC(=O)C(C)(c1cc(C)ccc1C)N1CCCNCC1. The first-order chi connectivity index (χ1) is 10.00. The summed E-state index contributed by atoms with van der Waals surface area (Å²) in [4.78, 5) is 14.9. The second-order valence-electron chi connectivity index (χ2n) is 5.97. The molecule has 116 valence electrons. The minimum atomic E-state index is -0.725. The Morgan fingerprint density at radius 2 is 2.05 bits per heavy atom. The highest BCUT2D eigenvalue weighted by Gasteiger charge is 2.43. The quantitative estimate of drug-likeness (QED) is 0.865. The van der Waals surface area contributed by atoms with E-state index in [1.54, 1.807) is 0 Å². The summed E-state index contributed by atoms with van der Waals surface area (Å²) < 4.78 is 5.16. The molecule has 21 heavy (non-hydrogen) atoms. The van der Waals surface area contributed by atoms with Crippen molar-refractivity contribution < 1.29 is 9.53 Å². The summed E-state index contributed by atoms with van der Waals surface area (Å²) in [6.45, 7) is 9.76. The van der Waals surface area contributed by atoms with Crippen molar-refractivity contribution >= 4 is 5.97 Å². The number of rotatable bonds is 3. The van der Waals surface area contributed by atoms with E-state index < -0.39 is 5.54 Å². The Labute approximate surface area is 127 Å². The van der Waals surface area contributed by atoms with E-state index in [1.807, 2.05) is 6.92 Å². The number of benzene rings is 1. The van der Waals surface area contributed by atoms with Crippen LogP contribution in [-0.4, -0.2) is 44.2 Å². The molecule has 2 rings (SSSR count). The van der Waals surface area contributed by atoms with Gasteiger partial charge in [-0.25, -0.2) is 4.79 Å². The molecule has 1 aromatic carbocycles. The van der Waals surface area contributed by atoms with Crippen molar-refractivity contribution in [2.75, 3.05) is 33.3 Å². The van der Waals surface area contributed by atoms with E-state index in [1.165, 1.54) is 12.7 Å². The molecular formula is C17H26N2O2. The molecule has 1 fully saturated rings. The van der Waals surface area contributed by atoms with Gasteiger partial charge in [0.1, 0.15) is 5.54 Å². The lowest BCUT2D eigenvalue weighted by atomic mass is 9.85. The average molecular weight is 290 g/mol. The van der Waals surface area contributed by atoms with Crippen LogP contribution in [0.5, 0.6) is 0 Å². The van der Waals surface area contributed by atoms with Crippen LogP contribution in [0.1, 0.15) is 30.0 Å². The number of nitrogens with one attached hydrogen (secondary N) is 1. The number of hydrogen-bond donors (Lipinski definition) is 1. The molecule has 1 aliphatic rings. The number of carbonyl (C=O) groups excluding carboxylic acids is 1. The first-order valence-corrected chi connectivity index (χ1v) is 7.62. The molecular weight excluding hydrogens is 264 g/mol. The van der Waals surface area contributed by atoms with Gasteiger partial charge in [-0.05, 0) is 44.9 Å². The summed E-state index contributed by atoms with van der Waals surface area (Å²) in [7, 11) is 1.47. The Morgan fingerprint density at radius 3 is 2.76 bits per heavy atom. The van der Waals surface area contributed by atoms with E-state index in [-0.39, 0.29) is 5.97 Å². The molecule has 0 amide bonds. The van der Waals surface area contributed by atoms with Crippen molar-refractivity contribution in [1.29, 1.82) is 0 Å². The monoisotopic (exact) mass is 290 g/mol. The number of aryl methyl sites for hydroxylation is 2. The lowest BCUT2D eigenvalue weighted by Crippen LogP contribution is -2.52. The standard InChI is InChI=1S/C17H26N2O2/c1-13-6-7-14(2)15(12-13)17(3,16(20)21-4)19-10-5-8-18-9-11-19/h6-7,12,18H,5,8-11H2,1-4H3. The van der Waals surface area contributed by atoms with Gasteiger partial charge in [0, 0.05) is 19.6 Å². The van der Waals surface area contributed by atoms with E-state index in [9.17, 15) is 4.79 Å². The van der Waals surface area contributed by atoms with Gasteiger partial charge in [-0.3, -0.25) is 4.90 Å². The second kappa shape index (κ2) is 6.58. The molecule has 4 nitrogen and oxygen atoms in total. The van der Waals surface area contributed by atoms with Crippen LogP contribution in [0.3, 0.4) is 0 Å². The molecule has 1 aliphatic heterocycles. The maximum atomic E-state index is 12.6. The van der Waals surface area contributed by atoms with Crippen molar-refractivity contribution in [2.24, 2.45) is 0 Å². The van der Waals surface area contributed by atoms with Gasteiger partial charge in [0.25, 0.3) is 0 Å². The van der Waals surface area contributed by atoms with E-state index >= 15 is 0 Å². The van der Waals surface area contributed by atoms with Gasteiger partial charge in [0.15, 0.2) is 0 Å². The molecule has 4 heteroatoms. The summed E-state index contributed by atoms with van der Waals surface area (Å²) in [5, 5.41) is 3.39. The zero-order chi connectivity index (χ0) is 15.5. The Kier molecular flexibility index (Phi) is 5.01. The molecule has 0 aromatic heterocycles. The van der Waals surface area contributed by atoms with Gasteiger partial charge in [0.2, 0.25) is 0 Å². The van der Waals surface area contributed by atoms with Gasteiger partial charge in [-0.2, -0.15) is 0 Å². The Hall–Kier alpha value is -1.39. The summed E-state index contributed by atoms with van der Waals surface area (Å²) in [6.07, 6.45) is 1.04. The molecule has 0 radical (unpaired) electrons. The fraction of sp³-hybridized carbons (Fsp3) is 0.588. The zero-order valence-electron chi connectivity index (χ0n) is 13.5. The molecule has 1 unspecified atom stereocenters. The maximum Gasteiger partial charge on any atom is 0.330 e. The van der Waals surface area contributed by atoms with Crippen LogP contribution >= 0.6 is 0 Å². The number of carbonyl (C=O) groups is 1. The third-order valence-corrected chi connectivity index (χ3v) is 4.47. The smallest absolute Gasteiger partial charge is 0.330 e. The average Bonchev–Trinajstić information content (AvgIpc) is 2.77. The number of esters is 1. The molecule has 0 saturated carbocycles. The van der Waals surface area contributed by atoms with Crippen molar-refractivity contribution in [3.05, 3.63) is 34.9 Å². The summed E-state index contributed by atoms with van der Waals surface area (Å²) in [5.41, 5.74) is 2.62. The predicted octanol–water partition coefficient (Wildman–Crippen LogP) is 1.99. The van der Waals surface area contributed by atoms with E-state index in [0.29, 0.717) is 0 Å². The molecule has 0 bridgehead atoms. The van der Waals surface area contributed by atoms with Crippen LogP contribution in [-0.2, 0) is 15.1 Å². The maximum absolute atomic E-state index is 12.6. The first kappa shape index (κ1) is 16.0. The van der Waals surface area contributed by atoms with Gasteiger partial charge in [-0.1, -0.05) is 23.8 Å². The lowest BCUT2D eigenvalue weighted by Gasteiger charge is -2.39. The minimum absolute atomic E-state index is 0.182. The molecule has 1 atom stereocenters. The van der Waals surface area contributed by atoms with Gasteiger partial charge in [-0.15, -0.1) is 0 Å². The van der Waals surface area contributed by atoms with Gasteiger partial charge in [0.05, 0.1) is 7.11 Å². The topological polar surface area (TPSA) is 41.6 Å². The number of ether oxygens (including phenoxy) is 1. The highest BCUT2D eigenvalue weighted by atomic mass is 16.5. The Bertz CT molecular complexity index is 508. The van der Waals surface area contributed by atoms with Gasteiger partial charge >= 0.3 is 5.97 Å². The third-order valence-electron chi connectivity index (χ3n) is 4.47. The number of hydrogen-bond acceptors (Lipinski definition) is 4.